The number of aromatic hydroxyl groups is 1. The number of nitrogens with zero attached hydrogens (tertiary/aromatic N) is 2. The highest BCUT2D eigenvalue weighted by atomic mass is 16.4. The summed E-state index contributed by atoms with van der Waals surface area (Å²) in [6.07, 6.45) is 5.54. The predicted octanol–water partition coefficient (Wildman–Crippen LogP) is 3.39. The van der Waals surface area contributed by atoms with Gasteiger partial charge in [-0.25, -0.2) is 5.43 Å². The third-order valence-corrected chi connectivity index (χ3v) is 5.59. The highest BCUT2D eigenvalue weighted by Gasteiger charge is 2.30. The summed E-state index contributed by atoms with van der Waals surface area (Å²) in [5.74, 6) is 0.868. The second-order valence-corrected chi connectivity index (χ2v) is 7.61. The second-order valence-electron chi connectivity index (χ2n) is 7.61. The molecule has 0 spiro atoms. The quantitative estimate of drug-likeness (QED) is 0.779. The lowest BCUT2D eigenvalue weighted by Crippen LogP contribution is -2.35. The molecule has 0 atom stereocenters. The van der Waals surface area contributed by atoms with Crippen LogP contribution in [0.5, 0.6) is 5.75 Å². The van der Waals surface area contributed by atoms with E-state index < -0.39 is 0 Å². The number of hydrazone groups is 1. The van der Waals surface area contributed by atoms with Gasteiger partial charge in [0.25, 0.3) is 11.8 Å². The molecule has 0 radical (unpaired) electrons. The Labute approximate surface area is 169 Å². The maximum atomic E-state index is 12.9. The van der Waals surface area contributed by atoms with E-state index in [1.54, 1.807) is 0 Å². The first-order chi connectivity index (χ1) is 14.0. The van der Waals surface area contributed by atoms with Gasteiger partial charge in [0.05, 0.1) is 5.71 Å². The third kappa shape index (κ3) is 3.90. The number of fused-ring (bicyclic) bond motifs is 1. The van der Waals surface area contributed by atoms with Crippen molar-refractivity contribution in [3.05, 3.63) is 52.5 Å². The standard InChI is InChI=1S/C22H25N3O4/c1-14-19-17(23-24-21(27)15-8-10-16(26)11-9-15)6-5-7-18(19)29-20(14)22(28)25-12-3-2-4-13-25/h8-11,26H,2-7,12-13H2,1H3,(H,24,27)/b23-17+. The molecule has 152 valence electrons. The van der Waals surface area contributed by atoms with Crippen molar-refractivity contribution in [1.29, 1.82) is 0 Å². The highest BCUT2D eigenvalue weighted by Crippen LogP contribution is 2.31. The number of carbonyl (C=O) groups excluding carboxylic acids is 2. The number of furan rings is 1. The molecular weight excluding hydrogens is 370 g/mol. The van der Waals surface area contributed by atoms with Crippen LogP contribution < -0.4 is 5.43 Å². The molecule has 7 heteroatoms. The van der Waals surface area contributed by atoms with E-state index >= 15 is 0 Å². The number of amides is 2. The second kappa shape index (κ2) is 8.11. The normalized spacial score (nSPS) is 17.8. The molecule has 1 aliphatic heterocycles. The number of phenolic OH excluding ortho intramolecular Hbond substituents is 1. The van der Waals surface area contributed by atoms with Crippen LogP contribution >= 0.6 is 0 Å². The molecule has 2 aliphatic rings. The minimum Gasteiger partial charge on any atom is -0.508 e. The molecule has 2 N–H and O–H groups in total. The largest absolute Gasteiger partial charge is 0.508 e. The minimum atomic E-state index is -0.351. The van der Waals surface area contributed by atoms with Crippen LogP contribution in [-0.2, 0) is 6.42 Å². The maximum Gasteiger partial charge on any atom is 0.289 e. The molecule has 1 saturated heterocycles. The molecule has 29 heavy (non-hydrogen) atoms. The fraction of sp³-hybridized carbons (Fsp3) is 0.409. The number of aryl methyl sites for hydroxylation is 1. The number of likely N-dealkylation sites (tertiary alicyclic amines) is 1. The van der Waals surface area contributed by atoms with Gasteiger partial charge in [-0.15, -0.1) is 0 Å². The summed E-state index contributed by atoms with van der Waals surface area (Å²) in [6.45, 7) is 3.43. The van der Waals surface area contributed by atoms with Crippen LogP contribution in [-0.4, -0.2) is 40.6 Å². The van der Waals surface area contributed by atoms with Gasteiger partial charge in [-0.2, -0.15) is 5.10 Å². The maximum absolute atomic E-state index is 12.9. The summed E-state index contributed by atoms with van der Waals surface area (Å²) in [5, 5.41) is 13.7. The molecule has 7 nitrogen and oxygen atoms in total. The molecule has 2 aromatic rings. The van der Waals surface area contributed by atoms with Crippen LogP contribution in [0, 0.1) is 6.92 Å². The average Bonchev–Trinajstić information content (AvgIpc) is 3.10. The molecule has 2 amide bonds. The van der Waals surface area contributed by atoms with Gasteiger partial charge in [0, 0.05) is 36.2 Å². The Balaban J connectivity index is 1.56. The van der Waals surface area contributed by atoms with Gasteiger partial charge < -0.3 is 14.4 Å². The van der Waals surface area contributed by atoms with Crippen molar-refractivity contribution in [1.82, 2.24) is 10.3 Å². The van der Waals surface area contributed by atoms with E-state index in [2.05, 4.69) is 10.5 Å². The zero-order valence-corrected chi connectivity index (χ0v) is 16.5. The zero-order chi connectivity index (χ0) is 20.4. The Morgan fingerprint density at radius 2 is 1.79 bits per heavy atom. The lowest BCUT2D eigenvalue weighted by molar-refractivity contribution is 0.0689. The molecule has 0 unspecified atom stereocenters. The third-order valence-electron chi connectivity index (χ3n) is 5.59. The fourth-order valence-corrected chi connectivity index (χ4v) is 4.02. The predicted molar refractivity (Wildman–Crippen MR) is 108 cm³/mol. The Hall–Kier alpha value is -3.09. The van der Waals surface area contributed by atoms with Crippen LogP contribution in [0.25, 0.3) is 0 Å². The smallest absolute Gasteiger partial charge is 0.289 e. The highest BCUT2D eigenvalue weighted by molar-refractivity contribution is 6.07. The van der Waals surface area contributed by atoms with Crippen LogP contribution in [0.3, 0.4) is 0 Å². The molecule has 0 bridgehead atoms. The Kier molecular flexibility index (Phi) is 5.38. The zero-order valence-electron chi connectivity index (χ0n) is 16.5. The van der Waals surface area contributed by atoms with Gasteiger partial charge in [-0.3, -0.25) is 9.59 Å². The van der Waals surface area contributed by atoms with Crippen molar-refractivity contribution in [3.8, 4) is 5.75 Å². The Morgan fingerprint density at radius 3 is 2.52 bits per heavy atom. The first-order valence-corrected chi connectivity index (χ1v) is 10.1. The molecule has 1 aliphatic carbocycles. The van der Waals surface area contributed by atoms with Crippen molar-refractivity contribution >= 4 is 17.5 Å². The van der Waals surface area contributed by atoms with Crippen LogP contribution in [0.15, 0.2) is 33.8 Å². The van der Waals surface area contributed by atoms with E-state index in [1.807, 2.05) is 11.8 Å². The first-order valence-electron chi connectivity index (χ1n) is 10.1. The summed E-state index contributed by atoms with van der Waals surface area (Å²) in [6, 6.07) is 5.99. The number of hydrogen-bond acceptors (Lipinski definition) is 5. The number of carbonyl (C=O) groups is 2. The molecule has 0 saturated carbocycles. The Morgan fingerprint density at radius 1 is 1.07 bits per heavy atom. The van der Waals surface area contributed by atoms with Gasteiger partial charge >= 0.3 is 0 Å². The van der Waals surface area contributed by atoms with Crippen LogP contribution in [0.4, 0.5) is 0 Å². The van der Waals surface area contributed by atoms with Crippen molar-refractivity contribution in [2.75, 3.05) is 13.1 Å². The number of phenols is 1. The number of rotatable bonds is 3. The molecule has 1 aromatic carbocycles. The van der Waals surface area contributed by atoms with Crippen molar-refractivity contribution in [2.24, 2.45) is 5.10 Å². The van der Waals surface area contributed by atoms with E-state index in [0.717, 1.165) is 67.8 Å². The van der Waals surface area contributed by atoms with E-state index in [0.29, 0.717) is 17.7 Å². The van der Waals surface area contributed by atoms with Gasteiger partial charge in [-0.1, -0.05) is 0 Å². The number of benzene rings is 1. The van der Waals surface area contributed by atoms with Crippen LogP contribution in [0.1, 0.15) is 69.9 Å². The molecule has 1 fully saturated rings. The van der Waals surface area contributed by atoms with Crippen molar-refractivity contribution in [3.63, 3.8) is 0 Å². The van der Waals surface area contributed by atoms with Gasteiger partial charge in [0.2, 0.25) is 0 Å². The van der Waals surface area contributed by atoms with Crippen LogP contribution in [0.2, 0.25) is 0 Å². The van der Waals surface area contributed by atoms with Crippen molar-refractivity contribution < 1.29 is 19.1 Å². The van der Waals surface area contributed by atoms with Gasteiger partial charge in [0.15, 0.2) is 5.76 Å². The Bertz CT molecular complexity index is 953. The van der Waals surface area contributed by atoms with Crippen molar-refractivity contribution in [2.45, 2.75) is 45.4 Å². The summed E-state index contributed by atoms with van der Waals surface area (Å²) in [7, 11) is 0. The summed E-state index contributed by atoms with van der Waals surface area (Å²) in [5.41, 5.74) is 5.38. The average molecular weight is 395 g/mol. The monoisotopic (exact) mass is 395 g/mol. The van der Waals surface area contributed by atoms with Gasteiger partial charge in [0.1, 0.15) is 11.5 Å². The fourth-order valence-electron chi connectivity index (χ4n) is 4.02. The molecule has 4 rings (SSSR count). The van der Waals surface area contributed by atoms with Gasteiger partial charge in [-0.05, 0) is 63.3 Å². The van der Waals surface area contributed by atoms with E-state index in [1.165, 1.54) is 24.3 Å². The summed E-state index contributed by atoms with van der Waals surface area (Å²) >= 11 is 0. The first kappa shape index (κ1) is 19.2. The van der Waals surface area contributed by atoms with E-state index in [9.17, 15) is 14.7 Å². The molecule has 2 heterocycles. The van der Waals surface area contributed by atoms with E-state index in [4.69, 9.17) is 4.42 Å². The molecule has 1 aromatic heterocycles. The van der Waals surface area contributed by atoms with E-state index in [-0.39, 0.29) is 17.6 Å². The lowest BCUT2D eigenvalue weighted by Gasteiger charge is -2.25. The minimum absolute atomic E-state index is 0.0518. The SMILES string of the molecule is Cc1c(C(=O)N2CCCCC2)oc2c1/C(=N/NC(=O)c1ccc(O)cc1)CCC2. The number of nitrogens with one attached hydrogen (secondary N) is 1. The lowest BCUT2D eigenvalue weighted by atomic mass is 9.93. The topological polar surface area (TPSA) is 95.1 Å². The number of hydrogen-bond donors (Lipinski definition) is 2. The molecular formula is C22H25N3O4. The summed E-state index contributed by atoms with van der Waals surface area (Å²) in [4.78, 5) is 27.1. The summed E-state index contributed by atoms with van der Waals surface area (Å²) < 4.78 is 5.97. The number of piperidine rings is 1.